The van der Waals surface area contributed by atoms with E-state index in [2.05, 4.69) is 53.1 Å². The highest BCUT2D eigenvalue weighted by Gasteiger charge is 2.21. The van der Waals surface area contributed by atoms with E-state index in [1.165, 1.54) is 11.1 Å². The SMILES string of the molecule is CC(C)(C)OC(=O)Nc1ccc([C@@H](CC(=O)C=CCc2ccccc2)c2ccccc2)cc1CNCc1ccccc1. The standard InChI is InChI=1S/C37H40N2O3/c1-37(2,3)42-36(41)39-35-23-22-31(24-32(35)27-38-26-29-16-9-5-10-17-29)34(30-19-11-6-12-20-30)25-33(40)21-13-18-28-14-7-4-8-15-28/h4-17,19-24,34,38H,18,25-27H2,1-3H3,(H,39,41)/t34-/m0/s1. The number of ether oxygens (including phenoxy) is 1. The summed E-state index contributed by atoms with van der Waals surface area (Å²) in [4.78, 5) is 25.8. The first kappa shape index (κ1) is 30.5. The van der Waals surface area contributed by atoms with Crippen molar-refractivity contribution in [1.29, 1.82) is 0 Å². The monoisotopic (exact) mass is 560 g/mol. The Morgan fingerprint density at radius 3 is 2.02 bits per heavy atom. The van der Waals surface area contributed by atoms with Crippen LogP contribution < -0.4 is 10.6 Å². The van der Waals surface area contributed by atoms with Crippen molar-refractivity contribution in [3.05, 3.63) is 149 Å². The summed E-state index contributed by atoms with van der Waals surface area (Å²) < 4.78 is 5.52. The van der Waals surface area contributed by atoms with E-state index < -0.39 is 11.7 Å². The van der Waals surface area contributed by atoms with Crippen molar-refractivity contribution in [3.8, 4) is 0 Å². The smallest absolute Gasteiger partial charge is 0.412 e. The predicted molar refractivity (Wildman–Crippen MR) is 170 cm³/mol. The number of carbonyl (C=O) groups excluding carboxylic acids is 2. The average molecular weight is 561 g/mol. The molecule has 4 aromatic carbocycles. The Bertz CT molecular complexity index is 1460. The zero-order valence-corrected chi connectivity index (χ0v) is 24.7. The zero-order valence-electron chi connectivity index (χ0n) is 24.7. The zero-order chi connectivity index (χ0) is 29.8. The Kier molecular flexibility index (Phi) is 10.8. The average Bonchev–Trinajstić information content (AvgIpc) is 2.97. The summed E-state index contributed by atoms with van der Waals surface area (Å²) in [6, 6.07) is 36.4. The third kappa shape index (κ3) is 9.86. The molecule has 0 unspecified atom stereocenters. The second-order valence-electron chi connectivity index (χ2n) is 11.4. The fourth-order valence-electron chi connectivity index (χ4n) is 4.77. The van der Waals surface area contributed by atoms with Gasteiger partial charge in [-0.15, -0.1) is 0 Å². The van der Waals surface area contributed by atoms with Gasteiger partial charge in [-0.1, -0.05) is 109 Å². The van der Waals surface area contributed by atoms with Crippen LogP contribution in [0, 0.1) is 0 Å². The van der Waals surface area contributed by atoms with Crippen LogP contribution >= 0.6 is 0 Å². The molecule has 0 fully saturated rings. The van der Waals surface area contributed by atoms with Crippen molar-refractivity contribution in [3.63, 3.8) is 0 Å². The van der Waals surface area contributed by atoms with Crippen LogP contribution in [-0.2, 0) is 29.0 Å². The molecule has 0 aliphatic heterocycles. The van der Waals surface area contributed by atoms with Gasteiger partial charge in [-0.2, -0.15) is 0 Å². The summed E-state index contributed by atoms with van der Waals surface area (Å²) in [5.41, 5.74) is 5.40. The highest BCUT2D eigenvalue weighted by atomic mass is 16.6. The van der Waals surface area contributed by atoms with Gasteiger partial charge in [0.2, 0.25) is 0 Å². The normalized spacial score (nSPS) is 12.2. The van der Waals surface area contributed by atoms with E-state index >= 15 is 0 Å². The number of hydrogen-bond donors (Lipinski definition) is 2. The van der Waals surface area contributed by atoms with Crippen LogP contribution in [0.4, 0.5) is 10.5 Å². The molecular weight excluding hydrogens is 520 g/mol. The molecule has 4 rings (SSSR count). The fraction of sp³-hybridized carbons (Fsp3) is 0.243. The number of benzene rings is 4. The minimum Gasteiger partial charge on any atom is -0.444 e. The van der Waals surface area contributed by atoms with Gasteiger partial charge in [-0.3, -0.25) is 10.1 Å². The lowest BCUT2D eigenvalue weighted by Crippen LogP contribution is -2.28. The van der Waals surface area contributed by atoms with Gasteiger partial charge >= 0.3 is 6.09 Å². The molecular formula is C37H40N2O3. The van der Waals surface area contributed by atoms with Crippen LogP contribution in [0.15, 0.2) is 121 Å². The highest BCUT2D eigenvalue weighted by Crippen LogP contribution is 2.31. The number of ketones is 1. The van der Waals surface area contributed by atoms with Crippen LogP contribution in [0.1, 0.15) is 60.9 Å². The Balaban J connectivity index is 1.58. The van der Waals surface area contributed by atoms with E-state index in [1.54, 1.807) is 6.08 Å². The maximum Gasteiger partial charge on any atom is 0.412 e. The number of amides is 1. The summed E-state index contributed by atoms with van der Waals surface area (Å²) in [5.74, 6) is -0.0666. The molecule has 0 aliphatic rings. The molecule has 0 saturated carbocycles. The van der Waals surface area contributed by atoms with Crippen molar-refractivity contribution < 1.29 is 14.3 Å². The van der Waals surface area contributed by atoms with Crippen LogP contribution in [-0.4, -0.2) is 17.5 Å². The van der Waals surface area contributed by atoms with Gasteiger partial charge in [0, 0.05) is 31.1 Å². The third-order valence-corrected chi connectivity index (χ3v) is 6.76. The van der Waals surface area contributed by atoms with E-state index in [0.29, 0.717) is 31.6 Å². The van der Waals surface area contributed by atoms with Crippen molar-refractivity contribution in [1.82, 2.24) is 5.32 Å². The molecule has 1 amide bonds. The Hall–Kier alpha value is -4.48. The molecule has 0 aliphatic carbocycles. The summed E-state index contributed by atoms with van der Waals surface area (Å²) in [6.07, 6.45) is 4.18. The van der Waals surface area contributed by atoms with E-state index in [9.17, 15) is 9.59 Å². The summed E-state index contributed by atoms with van der Waals surface area (Å²) in [6.45, 7) is 6.74. The second-order valence-corrected chi connectivity index (χ2v) is 11.4. The van der Waals surface area contributed by atoms with Gasteiger partial charge in [-0.05, 0) is 67.2 Å². The summed E-state index contributed by atoms with van der Waals surface area (Å²) in [7, 11) is 0. The van der Waals surface area contributed by atoms with E-state index in [4.69, 9.17) is 4.74 Å². The van der Waals surface area contributed by atoms with Crippen LogP contribution in [0.3, 0.4) is 0 Å². The third-order valence-electron chi connectivity index (χ3n) is 6.76. The van der Waals surface area contributed by atoms with E-state index in [1.807, 2.05) is 93.6 Å². The van der Waals surface area contributed by atoms with Gasteiger partial charge in [0.15, 0.2) is 5.78 Å². The maximum atomic E-state index is 13.2. The Labute approximate surface area is 249 Å². The van der Waals surface area contributed by atoms with Gasteiger partial charge in [0.25, 0.3) is 0 Å². The predicted octanol–water partition coefficient (Wildman–Crippen LogP) is 8.21. The first-order valence-corrected chi connectivity index (χ1v) is 14.4. The van der Waals surface area contributed by atoms with E-state index in [0.717, 1.165) is 16.7 Å². The van der Waals surface area contributed by atoms with Crippen LogP contribution in [0.5, 0.6) is 0 Å². The van der Waals surface area contributed by atoms with Gasteiger partial charge in [0.05, 0.1) is 0 Å². The molecule has 0 saturated heterocycles. The maximum absolute atomic E-state index is 13.2. The molecule has 0 radical (unpaired) electrons. The number of rotatable bonds is 12. The number of allylic oxidation sites excluding steroid dienone is 2. The lowest BCUT2D eigenvalue weighted by atomic mass is 9.86. The largest absolute Gasteiger partial charge is 0.444 e. The fourth-order valence-corrected chi connectivity index (χ4v) is 4.77. The number of hydrogen-bond acceptors (Lipinski definition) is 4. The first-order valence-electron chi connectivity index (χ1n) is 14.4. The molecule has 1 atom stereocenters. The van der Waals surface area contributed by atoms with Gasteiger partial charge < -0.3 is 10.1 Å². The topological polar surface area (TPSA) is 67.4 Å². The summed E-state index contributed by atoms with van der Waals surface area (Å²) in [5, 5.41) is 6.43. The number of nitrogens with one attached hydrogen (secondary N) is 2. The molecule has 0 heterocycles. The van der Waals surface area contributed by atoms with E-state index in [-0.39, 0.29) is 11.7 Å². The first-order chi connectivity index (χ1) is 20.3. The van der Waals surface area contributed by atoms with Gasteiger partial charge in [-0.25, -0.2) is 4.79 Å². The minimum atomic E-state index is -0.609. The Morgan fingerprint density at radius 2 is 1.38 bits per heavy atom. The van der Waals surface area contributed by atoms with Gasteiger partial charge in [0.1, 0.15) is 5.60 Å². The second kappa shape index (κ2) is 14.9. The van der Waals surface area contributed by atoms with Crippen LogP contribution in [0.2, 0.25) is 0 Å². The highest BCUT2D eigenvalue weighted by molar-refractivity contribution is 5.90. The molecule has 4 aromatic rings. The quantitative estimate of drug-likeness (QED) is 0.171. The number of carbonyl (C=O) groups is 2. The summed E-state index contributed by atoms with van der Waals surface area (Å²) >= 11 is 0. The lowest BCUT2D eigenvalue weighted by Gasteiger charge is -2.22. The minimum absolute atomic E-state index is 0.0690. The van der Waals surface area contributed by atoms with Crippen molar-refractivity contribution in [2.24, 2.45) is 0 Å². The molecule has 0 spiro atoms. The van der Waals surface area contributed by atoms with Crippen LogP contribution in [0.25, 0.3) is 0 Å². The Morgan fingerprint density at radius 1 is 0.762 bits per heavy atom. The molecule has 0 bridgehead atoms. The molecule has 216 valence electrons. The molecule has 5 nitrogen and oxygen atoms in total. The van der Waals surface area contributed by atoms with Crippen molar-refractivity contribution in [2.75, 3.05) is 5.32 Å². The number of anilines is 1. The van der Waals surface area contributed by atoms with Crippen molar-refractivity contribution >= 4 is 17.6 Å². The molecule has 2 N–H and O–H groups in total. The molecule has 0 aromatic heterocycles. The molecule has 42 heavy (non-hydrogen) atoms. The van der Waals surface area contributed by atoms with Crippen molar-refractivity contribution in [2.45, 2.75) is 58.2 Å². The lowest BCUT2D eigenvalue weighted by molar-refractivity contribution is -0.114. The molecule has 5 heteroatoms.